The summed E-state index contributed by atoms with van der Waals surface area (Å²) in [6, 6.07) is 17.2. The third kappa shape index (κ3) is 16.0. The quantitative estimate of drug-likeness (QED) is 0.336. The van der Waals surface area contributed by atoms with Gasteiger partial charge in [-0.3, -0.25) is 4.79 Å². The van der Waals surface area contributed by atoms with Gasteiger partial charge in [-0.2, -0.15) is 0 Å². The number of carboxylic acids is 1. The SMILES string of the molecule is CC(C)(C)[NH3+].CCCCCCN(CCc1ccccc1)C(=O)COc1ccc(C[C@H](OCC)C(=O)[O-])cc1. The molecule has 0 aliphatic rings. The fourth-order valence-corrected chi connectivity index (χ4v) is 3.58. The molecule has 1 atom stereocenters. The number of benzene rings is 2. The van der Waals surface area contributed by atoms with E-state index in [9.17, 15) is 14.7 Å². The molecule has 0 saturated heterocycles. The monoisotopic (exact) mass is 528 g/mol. The first-order chi connectivity index (χ1) is 18.0. The van der Waals surface area contributed by atoms with Gasteiger partial charge in [0.2, 0.25) is 0 Å². The van der Waals surface area contributed by atoms with Crippen molar-refractivity contribution in [3.05, 3.63) is 65.7 Å². The van der Waals surface area contributed by atoms with E-state index in [2.05, 4.69) is 45.6 Å². The highest BCUT2D eigenvalue weighted by molar-refractivity contribution is 5.77. The second kappa shape index (κ2) is 18.4. The molecule has 0 aromatic heterocycles. The minimum atomic E-state index is -1.22. The van der Waals surface area contributed by atoms with Crippen molar-refractivity contribution in [2.45, 2.75) is 84.8 Å². The van der Waals surface area contributed by atoms with Crippen molar-refractivity contribution in [1.82, 2.24) is 4.90 Å². The number of amides is 1. The molecule has 3 N–H and O–H groups in total. The Balaban J connectivity index is 0.00000132. The number of ether oxygens (including phenoxy) is 2. The fraction of sp³-hybridized carbons (Fsp3) is 0.548. The van der Waals surface area contributed by atoms with E-state index < -0.39 is 12.1 Å². The van der Waals surface area contributed by atoms with E-state index in [1.165, 1.54) is 12.0 Å². The van der Waals surface area contributed by atoms with Crippen LogP contribution in [-0.4, -0.2) is 54.7 Å². The summed E-state index contributed by atoms with van der Waals surface area (Å²) >= 11 is 0. The molecule has 2 aromatic rings. The largest absolute Gasteiger partial charge is 0.547 e. The Morgan fingerprint density at radius 3 is 2.11 bits per heavy atom. The number of hydrogen-bond donors (Lipinski definition) is 1. The first-order valence-corrected chi connectivity index (χ1v) is 13.7. The highest BCUT2D eigenvalue weighted by Crippen LogP contribution is 2.15. The van der Waals surface area contributed by atoms with E-state index in [4.69, 9.17) is 9.47 Å². The Morgan fingerprint density at radius 1 is 0.921 bits per heavy atom. The van der Waals surface area contributed by atoms with Gasteiger partial charge in [0, 0.05) is 26.1 Å². The van der Waals surface area contributed by atoms with Gasteiger partial charge >= 0.3 is 0 Å². The van der Waals surface area contributed by atoms with Gasteiger partial charge in [-0.15, -0.1) is 0 Å². The van der Waals surface area contributed by atoms with Gasteiger partial charge in [-0.05, 0) is 63.8 Å². The molecular weight excluding hydrogens is 480 g/mol. The number of nitrogens with zero attached hydrogens (tertiary/aromatic N) is 1. The number of hydrogen-bond acceptors (Lipinski definition) is 5. The predicted molar refractivity (Wildman–Crippen MR) is 150 cm³/mol. The Morgan fingerprint density at radius 2 is 1.55 bits per heavy atom. The van der Waals surface area contributed by atoms with Crippen molar-refractivity contribution >= 4 is 11.9 Å². The first kappa shape index (κ1) is 33.1. The van der Waals surface area contributed by atoms with E-state index in [1.807, 2.05) is 23.1 Å². The molecule has 0 fully saturated rings. The first-order valence-electron chi connectivity index (χ1n) is 13.7. The smallest absolute Gasteiger partial charge is 0.260 e. The van der Waals surface area contributed by atoms with Gasteiger partial charge in [-0.25, -0.2) is 0 Å². The van der Waals surface area contributed by atoms with E-state index in [0.29, 0.717) is 18.9 Å². The van der Waals surface area contributed by atoms with Crippen LogP contribution >= 0.6 is 0 Å². The van der Waals surface area contributed by atoms with Crippen molar-refractivity contribution in [3.63, 3.8) is 0 Å². The zero-order valence-corrected chi connectivity index (χ0v) is 24.0. The van der Waals surface area contributed by atoms with Gasteiger partial charge in [-0.1, -0.05) is 68.7 Å². The summed E-state index contributed by atoms with van der Waals surface area (Å²) in [5.74, 6) is -0.681. The summed E-state index contributed by atoms with van der Waals surface area (Å²) in [6.45, 7) is 11.8. The Bertz CT molecular complexity index is 904. The van der Waals surface area contributed by atoms with Crippen molar-refractivity contribution in [2.24, 2.45) is 0 Å². The third-order valence-electron chi connectivity index (χ3n) is 5.49. The van der Waals surface area contributed by atoms with Gasteiger partial charge in [0.1, 0.15) is 11.9 Å². The molecule has 0 unspecified atom stereocenters. The van der Waals surface area contributed by atoms with Gasteiger partial charge in [0.15, 0.2) is 6.61 Å². The molecule has 0 radical (unpaired) electrons. The van der Waals surface area contributed by atoms with E-state index in [1.54, 1.807) is 31.2 Å². The number of unbranched alkanes of at least 4 members (excludes halogenated alkanes) is 3. The molecule has 0 heterocycles. The summed E-state index contributed by atoms with van der Waals surface area (Å²) in [5, 5.41) is 11.2. The van der Waals surface area contributed by atoms with Crippen LogP contribution in [0.15, 0.2) is 54.6 Å². The molecule has 7 nitrogen and oxygen atoms in total. The minimum absolute atomic E-state index is 0.0253. The lowest BCUT2D eigenvalue weighted by molar-refractivity contribution is -0.458. The molecule has 1 amide bonds. The molecule has 0 spiro atoms. The Kier molecular flexibility index (Phi) is 16.0. The van der Waals surface area contributed by atoms with Gasteiger partial charge in [0.05, 0.1) is 11.5 Å². The van der Waals surface area contributed by atoms with Crippen LogP contribution in [0, 0.1) is 0 Å². The number of aliphatic carboxylic acids is 1. The van der Waals surface area contributed by atoms with Crippen LogP contribution in [0.5, 0.6) is 5.75 Å². The lowest BCUT2D eigenvalue weighted by atomic mass is 10.1. The molecule has 2 aromatic carbocycles. The molecule has 0 bridgehead atoms. The van der Waals surface area contributed by atoms with Crippen LogP contribution in [0.4, 0.5) is 0 Å². The standard InChI is InChI=1S/C27H37NO5.C4H11N/c1-3-5-6-10-18-28(19-17-22-11-8-7-9-12-22)26(29)21-33-24-15-13-23(14-16-24)20-25(27(30)31)32-4-2;1-4(2,3)5/h7-9,11-16,25H,3-6,10,17-21H2,1-2H3,(H,30,31);5H2,1-3H3/t25-;/m0./s1. The summed E-state index contributed by atoms with van der Waals surface area (Å²) in [7, 11) is 0. The second-order valence-corrected chi connectivity index (χ2v) is 10.6. The molecule has 0 saturated carbocycles. The zero-order valence-electron chi connectivity index (χ0n) is 24.0. The van der Waals surface area contributed by atoms with E-state index in [0.717, 1.165) is 37.8 Å². The molecule has 2 rings (SSSR count). The third-order valence-corrected chi connectivity index (χ3v) is 5.49. The average Bonchev–Trinajstić information content (AvgIpc) is 2.87. The topological polar surface area (TPSA) is 107 Å². The summed E-state index contributed by atoms with van der Waals surface area (Å²) < 4.78 is 10.9. The van der Waals surface area contributed by atoms with Crippen LogP contribution in [-0.2, 0) is 27.2 Å². The summed E-state index contributed by atoms with van der Waals surface area (Å²) in [6.07, 6.45) is 4.49. The average molecular weight is 529 g/mol. The molecule has 0 aliphatic carbocycles. The van der Waals surface area contributed by atoms with Crippen LogP contribution in [0.2, 0.25) is 0 Å². The van der Waals surface area contributed by atoms with Gasteiger partial charge < -0.3 is 30.0 Å². The lowest BCUT2D eigenvalue weighted by Gasteiger charge is -2.23. The predicted octanol–water partition coefficient (Wildman–Crippen LogP) is 3.44. The molecule has 212 valence electrons. The van der Waals surface area contributed by atoms with Crippen LogP contribution in [0.25, 0.3) is 0 Å². The minimum Gasteiger partial charge on any atom is -0.547 e. The number of rotatable bonds is 16. The van der Waals surface area contributed by atoms with Crippen molar-refractivity contribution < 1.29 is 29.9 Å². The molecule has 38 heavy (non-hydrogen) atoms. The van der Waals surface area contributed by atoms with Crippen molar-refractivity contribution in [2.75, 3.05) is 26.3 Å². The van der Waals surface area contributed by atoms with Crippen LogP contribution in [0.1, 0.15) is 71.4 Å². The van der Waals surface area contributed by atoms with E-state index in [-0.39, 0.29) is 24.5 Å². The Hall–Kier alpha value is -2.90. The van der Waals surface area contributed by atoms with Crippen LogP contribution in [0.3, 0.4) is 0 Å². The van der Waals surface area contributed by atoms with Crippen molar-refractivity contribution in [3.8, 4) is 5.75 Å². The zero-order chi connectivity index (χ0) is 28.4. The fourth-order valence-electron chi connectivity index (χ4n) is 3.58. The number of carbonyl (C=O) groups excluding carboxylic acids is 2. The Labute approximate surface area is 229 Å². The maximum Gasteiger partial charge on any atom is 0.260 e. The highest BCUT2D eigenvalue weighted by atomic mass is 16.5. The number of carbonyl (C=O) groups is 2. The second-order valence-electron chi connectivity index (χ2n) is 10.6. The summed E-state index contributed by atoms with van der Waals surface area (Å²) in [4.78, 5) is 25.9. The van der Waals surface area contributed by atoms with Crippen molar-refractivity contribution in [1.29, 1.82) is 0 Å². The van der Waals surface area contributed by atoms with Crippen LogP contribution < -0.4 is 15.6 Å². The maximum absolute atomic E-state index is 12.9. The highest BCUT2D eigenvalue weighted by Gasteiger charge is 2.15. The molecule has 0 aliphatic heterocycles. The number of carboxylic acid groups (broad SMARTS) is 1. The molecular formula is C31H48N2O5. The number of quaternary nitrogens is 1. The maximum atomic E-state index is 12.9. The van der Waals surface area contributed by atoms with Gasteiger partial charge in [0.25, 0.3) is 5.91 Å². The summed E-state index contributed by atoms with van der Waals surface area (Å²) in [5.41, 5.74) is 6.03. The lowest BCUT2D eigenvalue weighted by Crippen LogP contribution is -2.67. The molecule has 7 heteroatoms. The van der Waals surface area contributed by atoms with E-state index >= 15 is 0 Å². The normalized spacial score (nSPS) is 11.7.